The van der Waals surface area contributed by atoms with Crippen molar-refractivity contribution in [3.05, 3.63) is 30.3 Å². The average molecular weight is 553 g/mol. The fourth-order valence-electron chi connectivity index (χ4n) is 3.49. The molecule has 1 heterocycles. The maximum atomic E-state index is 12.7. The first kappa shape index (κ1) is 27.1. The third kappa shape index (κ3) is 7.65. The molecule has 0 radical (unpaired) electrons. The van der Waals surface area contributed by atoms with Gasteiger partial charge in [-0.25, -0.2) is 8.42 Å². The molecule has 0 bridgehead atoms. The van der Waals surface area contributed by atoms with E-state index < -0.39 is 10.0 Å². The molecule has 0 aliphatic carbocycles. The third-order valence-corrected chi connectivity index (χ3v) is 7.35. The summed E-state index contributed by atoms with van der Waals surface area (Å²) in [7, 11) is 0.0869. The molecule has 2 rings (SSSR count). The van der Waals surface area contributed by atoms with E-state index in [-0.39, 0.29) is 35.5 Å². The molecule has 1 atom stereocenters. The molecule has 0 spiro atoms. The number of nitrogens with zero attached hydrogens (tertiary/aromatic N) is 2. The van der Waals surface area contributed by atoms with Crippen molar-refractivity contribution in [3.8, 4) is 0 Å². The number of piperidine rings is 1. The largest absolute Gasteiger partial charge is 0.379 e. The van der Waals surface area contributed by atoms with Crippen LogP contribution in [-0.2, 0) is 14.8 Å². The molecule has 9 heteroatoms. The molecule has 1 saturated heterocycles. The number of rotatable bonds is 7. The molecule has 1 aromatic rings. The second kappa shape index (κ2) is 12.2. The number of aliphatic imine (C=N–C) groups is 1. The normalized spacial score (nSPS) is 17.8. The topological polar surface area (TPSA) is 83.0 Å². The molecular weight excluding hydrogens is 515 g/mol. The molecule has 2 N–H and O–H groups in total. The van der Waals surface area contributed by atoms with E-state index in [0.29, 0.717) is 30.4 Å². The van der Waals surface area contributed by atoms with Crippen LogP contribution in [0.15, 0.2) is 40.2 Å². The van der Waals surface area contributed by atoms with Gasteiger partial charge in [0.1, 0.15) is 0 Å². The van der Waals surface area contributed by atoms with E-state index in [4.69, 9.17) is 4.74 Å². The van der Waals surface area contributed by atoms with Crippen LogP contribution >= 0.6 is 24.0 Å². The van der Waals surface area contributed by atoms with E-state index in [2.05, 4.69) is 36.4 Å². The molecule has 1 unspecified atom stereocenters. The van der Waals surface area contributed by atoms with E-state index in [1.165, 1.54) is 0 Å². The number of hydrogen-bond donors (Lipinski definition) is 2. The highest BCUT2D eigenvalue weighted by molar-refractivity contribution is 14.0. The van der Waals surface area contributed by atoms with Gasteiger partial charge in [0.25, 0.3) is 0 Å². The lowest BCUT2D eigenvalue weighted by Crippen LogP contribution is -2.47. The SMILES string of the molecule is CN=C(NCC1CCN(S(=O)(=O)c2ccccc2)CC1)NCC(OC)C(C)(C)C.I. The van der Waals surface area contributed by atoms with E-state index in [9.17, 15) is 8.42 Å². The summed E-state index contributed by atoms with van der Waals surface area (Å²) in [6, 6.07) is 8.66. The van der Waals surface area contributed by atoms with Crippen LogP contribution in [-0.4, -0.2) is 65.1 Å². The van der Waals surface area contributed by atoms with E-state index in [0.717, 1.165) is 25.3 Å². The van der Waals surface area contributed by atoms with E-state index >= 15 is 0 Å². The van der Waals surface area contributed by atoms with E-state index in [1.807, 2.05) is 6.07 Å². The van der Waals surface area contributed by atoms with Gasteiger partial charge in [0, 0.05) is 40.3 Å². The summed E-state index contributed by atoms with van der Waals surface area (Å²) >= 11 is 0. The van der Waals surface area contributed by atoms with Gasteiger partial charge in [-0.2, -0.15) is 4.31 Å². The second-order valence-corrected chi connectivity index (χ2v) is 10.5. The van der Waals surface area contributed by atoms with Crippen LogP contribution in [0.2, 0.25) is 0 Å². The average Bonchev–Trinajstić information content (AvgIpc) is 2.70. The number of hydrogen-bond acceptors (Lipinski definition) is 4. The highest BCUT2D eigenvalue weighted by atomic mass is 127. The van der Waals surface area contributed by atoms with Crippen molar-refractivity contribution in [1.29, 1.82) is 0 Å². The molecule has 0 saturated carbocycles. The zero-order chi connectivity index (χ0) is 21.5. The summed E-state index contributed by atoms with van der Waals surface area (Å²) in [5.74, 6) is 1.16. The van der Waals surface area contributed by atoms with Crippen molar-refractivity contribution < 1.29 is 13.2 Å². The van der Waals surface area contributed by atoms with Crippen LogP contribution in [0.25, 0.3) is 0 Å². The van der Waals surface area contributed by atoms with Gasteiger partial charge in [-0.15, -0.1) is 24.0 Å². The van der Waals surface area contributed by atoms with Crippen molar-refractivity contribution in [2.75, 3.05) is 40.3 Å². The summed E-state index contributed by atoms with van der Waals surface area (Å²) in [4.78, 5) is 4.66. The Morgan fingerprint density at radius 1 is 1.20 bits per heavy atom. The van der Waals surface area contributed by atoms with Crippen LogP contribution in [0.3, 0.4) is 0 Å². The summed E-state index contributed by atoms with van der Waals surface area (Å²) in [5, 5.41) is 6.70. The quantitative estimate of drug-likeness (QED) is 0.309. The van der Waals surface area contributed by atoms with Gasteiger partial charge in [-0.3, -0.25) is 4.99 Å². The lowest BCUT2D eigenvalue weighted by molar-refractivity contribution is 0.0205. The van der Waals surface area contributed by atoms with Gasteiger partial charge in [-0.1, -0.05) is 39.0 Å². The maximum absolute atomic E-state index is 12.7. The molecule has 1 aliphatic heterocycles. The first-order chi connectivity index (χ1) is 13.7. The highest BCUT2D eigenvalue weighted by Gasteiger charge is 2.29. The second-order valence-electron chi connectivity index (χ2n) is 8.58. The number of nitrogens with one attached hydrogen (secondary N) is 2. The van der Waals surface area contributed by atoms with Crippen LogP contribution in [0.5, 0.6) is 0 Å². The predicted octanol–water partition coefficient (Wildman–Crippen LogP) is 2.93. The highest BCUT2D eigenvalue weighted by Crippen LogP contribution is 2.23. The molecular formula is C21H37IN4O3S. The summed E-state index contributed by atoms with van der Waals surface area (Å²) in [6.45, 7) is 8.99. The number of ether oxygens (including phenoxy) is 1. The summed E-state index contributed by atoms with van der Waals surface area (Å²) in [5.41, 5.74) is 0.0394. The molecule has 30 heavy (non-hydrogen) atoms. The van der Waals surface area contributed by atoms with Crippen molar-refractivity contribution in [2.24, 2.45) is 16.3 Å². The monoisotopic (exact) mass is 552 g/mol. The molecule has 0 amide bonds. The van der Waals surface area contributed by atoms with Crippen LogP contribution in [0.4, 0.5) is 0 Å². The Morgan fingerprint density at radius 3 is 2.30 bits per heavy atom. The third-order valence-electron chi connectivity index (χ3n) is 5.44. The smallest absolute Gasteiger partial charge is 0.243 e. The number of methoxy groups -OCH3 is 1. The first-order valence-corrected chi connectivity index (χ1v) is 11.6. The summed E-state index contributed by atoms with van der Waals surface area (Å²) < 4.78 is 32.6. The van der Waals surface area contributed by atoms with Crippen LogP contribution < -0.4 is 10.6 Å². The Morgan fingerprint density at radius 2 is 1.80 bits per heavy atom. The first-order valence-electron chi connectivity index (χ1n) is 10.2. The Bertz CT molecular complexity index is 758. The van der Waals surface area contributed by atoms with Gasteiger partial charge in [0.2, 0.25) is 10.0 Å². The minimum Gasteiger partial charge on any atom is -0.379 e. The van der Waals surface area contributed by atoms with Gasteiger partial charge in [0.15, 0.2) is 5.96 Å². The van der Waals surface area contributed by atoms with Crippen LogP contribution in [0, 0.1) is 11.3 Å². The minimum absolute atomic E-state index is 0. The van der Waals surface area contributed by atoms with Crippen molar-refractivity contribution in [3.63, 3.8) is 0 Å². The fraction of sp³-hybridized carbons (Fsp3) is 0.667. The number of benzene rings is 1. The van der Waals surface area contributed by atoms with Crippen LogP contribution in [0.1, 0.15) is 33.6 Å². The predicted molar refractivity (Wildman–Crippen MR) is 133 cm³/mol. The van der Waals surface area contributed by atoms with Crippen molar-refractivity contribution >= 4 is 40.0 Å². The van der Waals surface area contributed by atoms with Gasteiger partial charge in [-0.05, 0) is 36.3 Å². The lowest BCUT2D eigenvalue weighted by Gasteiger charge is -2.32. The minimum atomic E-state index is -3.39. The van der Waals surface area contributed by atoms with Gasteiger partial charge >= 0.3 is 0 Å². The van der Waals surface area contributed by atoms with Crippen molar-refractivity contribution in [1.82, 2.24) is 14.9 Å². The van der Waals surface area contributed by atoms with Gasteiger partial charge < -0.3 is 15.4 Å². The Labute approximate surface area is 199 Å². The number of halogens is 1. The standard InChI is InChI=1S/C21H36N4O3S.HI/c1-21(2,3)19(28-5)16-24-20(22-4)23-15-17-11-13-25(14-12-17)29(26,27)18-9-7-6-8-10-18;/h6-10,17,19H,11-16H2,1-5H3,(H2,22,23,24);1H. The molecule has 1 fully saturated rings. The lowest BCUT2D eigenvalue weighted by atomic mass is 9.89. The zero-order valence-electron chi connectivity index (χ0n) is 18.7. The molecule has 1 aromatic carbocycles. The molecule has 172 valence electrons. The fourth-order valence-corrected chi connectivity index (χ4v) is 4.98. The number of guanidine groups is 1. The summed E-state index contributed by atoms with van der Waals surface area (Å²) in [6.07, 6.45) is 1.74. The van der Waals surface area contributed by atoms with Crippen molar-refractivity contribution in [2.45, 2.75) is 44.6 Å². The van der Waals surface area contributed by atoms with Gasteiger partial charge in [0.05, 0.1) is 11.0 Å². The zero-order valence-corrected chi connectivity index (χ0v) is 21.9. The number of sulfonamides is 1. The van der Waals surface area contributed by atoms with E-state index in [1.54, 1.807) is 42.7 Å². The molecule has 7 nitrogen and oxygen atoms in total. The molecule has 1 aliphatic rings. The Kier molecular flexibility index (Phi) is 11.0. The Hall–Kier alpha value is -0.910. The Balaban J connectivity index is 0.00000450. The maximum Gasteiger partial charge on any atom is 0.243 e. The molecule has 0 aromatic heterocycles.